The SMILES string of the molecule is CCC(C)(CC)c1ccc(-c2ccc(Nc3ccc(CCCCCCc4ccc5c(c4)CC5)cc3)cc2)cc1. The molecule has 39 heavy (non-hydrogen) atoms. The van der Waals surface area contributed by atoms with Crippen molar-refractivity contribution in [2.24, 2.45) is 0 Å². The van der Waals surface area contributed by atoms with Crippen molar-refractivity contribution in [3.05, 3.63) is 119 Å². The number of aryl methyl sites for hydroxylation is 4. The summed E-state index contributed by atoms with van der Waals surface area (Å²) in [5, 5.41) is 3.57. The maximum atomic E-state index is 3.57. The molecule has 5 rings (SSSR count). The third-order valence-corrected chi connectivity index (χ3v) is 9.22. The van der Waals surface area contributed by atoms with Gasteiger partial charge in [-0.25, -0.2) is 0 Å². The van der Waals surface area contributed by atoms with Gasteiger partial charge in [0.15, 0.2) is 0 Å². The number of benzene rings is 4. The molecule has 1 aliphatic carbocycles. The van der Waals surface area contributed by atoms with Gasteiger partial charge in [-0.1, -0.05) is 100 Å². The fourth-order valence-electron chi connectivity index (χ4n) is 5.81. The fraction of sp³-hybridized carbons (Fsp3) is 0.368. The number of hydrogen-bond donors (Lipinski definition) is 1. The predicted octanol–water partition coefficient (Wildman–Crippen LogP) is 10.6. The lowest BCUT2D eigenvalue weighted by molar-refractivity contribution is 0.439. The number of hydrogen-bond acceptors (Lipinski definition) is 1. The quantitative estimate of drug-likeness (QED) is 0.175. The van der Waals surface area contributed by atoms with Gasteiger partial charge in [-0.15, -0.1) is 0 Å². The van der Waals surface area contributed by atoms with Gasteiger partial charge in [0.1, 0.15) is 0 Å². The van der Waals surface area contributed by atoms with E-state index in [1.54, 1.807) is 11.1 Å². The molecule has 4 aromatic rings. The molecule has 0 aliphatic heterocycles. The zero-order valence-corrected chi connectivity index (χ0v) is 24.2. The average Bonchev–Trinajstić information content (AvgIpc) is 2.97. The summed E-state index contributed by atoms with van der Waals surface area (Å²) in [5.74, 6) is 0. The maximum Gasteiger partial charge on any atom is 0.0384 e. The summed E-state index contributed by atoms with van der Waals surface area (Å²) >= 11 is 0. The monoisotopic (exact) mass is 515 g/mol. The molecule has 202 valence electrons. The summed E-state index contributed by atoms with van der Waals surface area (Å²) in [6, 6.07) is 34.1. The molecule has 1 aliphatic rings. The minimum atomic E-state index is 0.269. The molecule has 4 aromatic carbocycles. The van der Waals surface area contributed by atoms with Gasteiger partial charge in [0.25, 0.3) is 0 Å². The van der Waals surface area contributed by atoms with Crippen LogP contribution in [-0.4, -0.2) is 0 Å². The van der Waals surface area contributed by atoms with Crippen molar-refractivity contribution in [2.75, 3.05) is 5.32 Å². The van der Waals surface area contributed by atoms with Crippen molar-refractivity contribution in [1.29, 1.82) is 0 Å². The first-order valence-electron chi connectivity index (χ1n) is 15.2. The Labute approximate surface area is 236 Å². The second-order valence-electron chi connectivity index (χ2n) is 11.8. The van der Waals surface area contributed by atoms with Gasteiger partial charge < -0.3 is 5.32 Å². The van der Waals surface area contributed by atoms with Crippen LogP contribution >= 0.6 is 0 Å². The van der Waals surface area contributed by atoms with Crippen LogP contribution in [0.15, 0.2) is 91.0 Å². The van der Waals surface area contributed by atoms with E-state index in [0.29, 0.717) is 0 Å². The average molecular weight is 516 g/mol. The Morgan fingerprint density at radius 3 is 1.62 bits per heavy atom. The van der Waals surface area contributed by atoms with Crippen LogP contribution in [-0.2, 0) is 31.1 Å². The lowest BCUT2D eigenvalue weighted by atomic mass is 9.77. The van der Waals surface area contributed by atoms with E-state index >= 15 is 0 Å². The van der Waals surface area contributed by atoms with Crippen LogP contribution in [0.5, 0.6) is 0 Å². The van der Waals surface area contributed by atoms with E-state index in [1.807, 2.05) is 0 Å². The molecule has 0 saturated heterocycles. The number of fused-ring (bicyclic) bond motifs is 1. The molecule has 0 spiro atoms. The van der Waals surface area contributed by atoms with Crippen LogP contribution in [0.4, 0.5) is 11.4 Å². The molecule has 0 fully saturated rings. The van der Waals surface area contributed by atoms with E-state index < -0.39 is 0 Å². The van der Waals surface area contributed by atoms with Crippen LogP contribution in [0.3, 0.4) is 0 Å². The summed E-state index contributed by atoms with van der Waals surface area (Å²) in [7, 11) is 0. The van der Waals surface area contributed by atoms with E-state index in [4.69, 9.17) is 0 Å². The predicted molar refractivity (Wildman–Crippen MR) is 169 cm³/mol. The number of unbranched alkanes of at least 4 members (excludes halogenated alkanes) is 3. The largest absolute Gasteiger partial charge is 0.356 e. The second kappa shape index (κ2) is 12.7. The standard InChI is InChI=1S/C38H45N/c1-4-38(3,5-2)35-22-18-31(19-23-35)32-20-26-37(27-21-32)39-36-24-13-29(14-25-36)10-8-6-7-9-11-30-12-15-33-16-17-34(33)28-30/h12-15,18-28,39H,4-11,16-17H2,1-3H3. The third-order valence-electron chi connectivity index (χ3n) is 9.22. The Hall–Kier alpha value is -3.32. The topological polar surface area (TPSA) is 12.0 Å². The number of anilines is 2. The molecule has 1 nitrogen and oxygen atoms in total. The van der Waals surface area contributed by atoms with Crippen molar-refractivity contribution >= 4 is 11.4 Å². The van der Waals surface area contributed by atoms with Gasteiger partial charge in [0.05, 0.1) is 0 Å². The lowest BCUT2D eigenvalue weighted by Gasteiger charge is -2.27. The fourth-order valence-corrected chi connectivity index (χ4v) is 5.81. The van der Waals surface area contributed by atoms with Gasteiger partial charge in [-0.3, -0.25) is 0 Å². The van der Waals surface area contributed by atoms with Gasteiger partial charge in [-0.05, 0) is 120 Å². The Morgan fingerprint density at radius 2 is 1.08 bits per heavy atom. The highest BCUT2D eigenvalue weighted by Gasteiger charge is 2.21. The highest BCUT2D eigenvalue weighted by Crippen LogP contribution is 2.33. The highest BCUT2D eigenvalue weighted by atomic mass is 14.9. The Kier molecular flexibility index (Phi) is 8.87. The van der Waals surface area contributed by atoms with Crippen molar-refractivity contribution in [3.8, 4) is 11.1 Å². The normalized spacial score (nSPS) is 12.6. The van der Waals surface area contributed by atoms with Crippen LogP contribution in [0.1, 0.15) is 87.1 Å². The first-order chi connectivity index (χ1) is 19.1. The van der Waals surface area contributed by atoms with E-state index in [9.17, 15) is 0 Å². The van der Waals surface area contributed by atoms with Gasteiger partial charge in [0.2, 0.25) is 0 Å². The van der Waals surface area contributed by atoms with Gasteiger partial charge >= 0.3 is 0 Å². The van der Waals surface area contributed by atoms with Crippen LogP contribution in [0.2, 0.25) is 0 Å². The third kappa shape index (κ3) is 6.82. The summed E-state index contributed by atoms with van der Waals surface area (Å²) in [6.45, 7) is 6.94. The molecule has 0 saturated carbocycles. The van der Waals surface area contributed by atoms with Crippen LogP contribution in [0.25, 0.3) is 11.1 Å². The van der Waals surface area contributed by atoms with Crippen LogP contribution < -0.4 is 5.32 Å². The molecule has 0 atom stereocenters. The molecular formula is C38H45N. The molecule has 0 unspecified atom stereocenters. The minimum Gasteiger partial charge on any atom is -0.356 e. The number of rotatable bonds is 13. The first kappa shape index (κ1) is 27.3. The summed E-state index contributed by atoms with van der Waals surface area (Å²) in [6.07, 6.45) is 12.5. The molecule has 0 amide bonds. The van der Waals surface area contributed by atoms with Crippen molar-refractivity contribution < 1.29 is 0 Å². The molecule has 1 heteroatoms. The van der Waals surface area contributed by atoms with Gasteiger partial charge in [-0.2, -0.15) is 0 Å². The van der Waals surface area contributed by atoms with Gasteiger partial charge in [0, 0.05) is 11.4 Å². The maximum absolute atomic E-state index is 3.57. The van der Waals surface area contributed by atoms with E-state index in [0.717, 1.165) is 11.4 Å². The van der Waals surface area contributed by atoms with Crippen LogP contribution in [0, 0.1) is 0 Å². The van der Waals surface area contributed by atoms with Crippen molar-refractivity contribution in [2.45, 2.75) is 90.4 Å². The van der Waals surface area contributed by atoms with E-state index in [2.05, 4.69) is 117 Å². The molecular weight excluding hydrogens is 470 g/mol. The lowest BCUT2D eigenvalue weighted by Crippen LogP contribution is -2.19. The molecule has 0 bridgehead atoms. The Morgan fingerprint density at radius 1 is 0.564 bits per heavy atom. The molecule has 0 aromatic heterocycles. The smallest absolute Gasteiger partial charge is 0.0384 e. The molecule has 0 radical (unpaired) electrons. The zero-order chi connectivity index (χ0) is 27.1. The van der Waals surface area contributed by atoms with E-state index in [1.165, 1.54) is 92.0 Å². The molecule has 0 heterocycles. The highest BCUT2D eigenvalue weighted by molar-refractivity contribution is 5.68. The van der Waals surface area contributed by atoms with E-state index in [-0.39, 0.29) is 5.41 Å². The Bertz CT molecular complexity index is 1330. The zero-order valence-electron chi connectivity index (χ0n) is 24.2. The molecule has 1 N–H and O–H groups in total. The summed E-state index contributed by atoms with van der Waals surface area (Å²) in [4.78, 5) is 0. The van der Waals surface area contributed by atoms with Crippen molar-refractivity contribution in [1.82, 2.24) is 0 Å². The summed E-state index contributed by atoms with van der Waals surface area (Å²) in [5.41, 5.74) is 12.6. The summed E-state index contributed by atoms with van der Waals surface area (Å²) < 4.78 is 0. The van der Waals surface area contributed by atoms with Crippen molar-refractivity contribution in [3.63, 3.8) is 0 Å². The second-order valence-corrected chi connectivity index (χ2v) is 11.8. The first-order valence-corrected chi connectivity index (χ1v) is 15.2. The number of nitrogens with one attached hydrogen (secondary N) is 1. The Balaban J connectivity index is 1.05. The minimum absolute atomic E-state index is 0.269.